The molecular weight excluding hydrogens is 376 g/mol. The average molecular weight is 401 g/mol. The minimum atomic E-state index is -2.89. The Bertz CT molecular complexity index is 1060. The molecule has 0 radical (unpaired) electrons. The molecule has 2 heterocycles. The number of hydrogen-bond donors (Lipinski definition) is 2. The Hall–Kier alpha value is -2.77. The van der Waals surface area contributed by atoms with E-state index in [0.717, 1.165) is 23.4 Å². The number of rotatable bonds is 5. The van der Waals surface area contributed by atoms with Crippen LogP contribution in [0.1, 0.15) is 57.6 Å². The van der Waals surface area contributed by atoms with Gasteiger partial charge in [0.1, 0.15) is 5.69 Å². The van der Waals surface area contributed by atoms with E-state index < -0.39 is 12.5 Å². The second-order valence-corrected chi connectivity index (χ2v) is 8.92. The van der Waals surface area contributed by atoms with E-state index >= 15 is 0 Å². The standard InChI is InChI=1S/C21H25F2N5O/c1-20(2,3)14-8-12(11-5-6-11)7-13-15(24)9-16(26-17(13)14)18-27-28-19(29-18)25-10-21(4,22)23/h7-9,11H,5-6,10H2,1-4H3,(H2,24,26)(H,25,28). The lowest BCUT2D eigenvalue weighted by atomic mass is 9.83. The van der Waals surface area contributed by atoms with Crippen molar-refractivity contribution in [2.24, 2.45) is 0 Å². The van der Waals surface area contributed by atoms with E-state index in [-0.39, 0.29) is 17.3 Å². The summed E-state index contributed by atoms with van der Waals surface area (Å²) in [5.74, 6) is -2.16. The molecule has 0 unspecified atom stereocenters. The van der Waals surface area contributed by atoms with Crippen molar-refractivity contribution in [3.63, 3.8) is 0 Å². The highest BCUT2D eigenvalue weighted by Crippen LogP contribution is 2.44. The third kappa shape index (κ3) is 4.16. The van der Waals surface area contributed by atoms with Crippen LogP contribution in [-0.4, -0.2) is 27.6 Å². The van der Waals surface area contributed by atoms with Crippen LogP contribution in [0.25, 0.3) is 22.5 Å². The van der Waals surface area contributed by atoms with Crippen molar-refractivity contribution in [1.82, 2.24) is 15.2 Å². The van der Waals surface area contributed by atoms with Gasteiger partial charge in [-0.05, 0) is 47.4 Å². The molecule has 1 aliphatic rings. The molecule has 0 bridgehead atoms. The van der Waals surface area contributed by atoms with Gasteiger partial charge in [-0.1, -0.05) is 31.9 Å². The molecule has 1 fully saturated rings. The second kappa shape index (κ2) is 6.64. The molecule has 0 spiro atoms. The number of nitrogens with two attached hydrogens (primary N) is 1. The van der Waals surface area contributed by atoms with Crippen LogP contribution in [0.5, 0.6) is 0 Å². The van der Waals surface area contributed by atoms with Gasteiger partial charge in [-0.2, -0.15) is 0 Å². The quantitative estimate of drug-likeness (QED) is 0.617. The third-order valence-corrected chi connectivity index (χ3v) is 5.02. The number of fused-ring (bicyclic) bond motifs is 1. The Labute approximate surface area is 167 Å². The monoisotopic (exact) mass is 401 g/mol. The van der Waals surface area contributed by atoms with Gasteiger partial charge in [-0.25, -0.2) is 13.8 Å². The van der Waals surface area contributed by atoms with Crippen molar-refractivity contribution in [2.75, 3.05) is 17.6 Å². The van der Waals surface area contributed by atoms with Gasteiger partial charge in [0.15, 0.2) is 0 Å². The van der Waals surface area contributed by atoms with Gasteiger partial charge in [0.25, 0.3) is 11.8 Å². The minimum Gasteiger partial charge on any atom is -0.402 e. The van der Waals surface area contributed by atoms with Crippen LogP contribution in [0.15, 0.2) is 22.6 Å². The number of benzene rings is 1. The van der Waals surface area contributed by atoms with Gasteiger partial charge in [0.2, 0.25) is 0 Å². The van der Waals surface area contributed by atoms with Crippen LogP contribution in [0.2, 0.25) is 0 Å². The van der Waals surface area contributed by atoms with Gasteiger partial charge in [0.05, 0.1) is 12.1 Å². The zero-order chi connectivity index (χ0) is 21.0. The Kier molecular flexibility index (Phi) is 4.47. The predicted molar refractivity (Wildman–Crippen MR) is 109 cm³/mol. The molecule has 1 aliphatic carbocycles. The highest BCUT2D eigenvalue weighted by atomic mass is 19.3. The Balaban J connectivity index is 1.77. The SMILES string of the molecule is CC(F)(F)CNc1nnc(-c2cc(N)c3cc(C4CC4)cc(C(C)(C)C)c3n2)o1. The van der Waals surface area contributed by atoms with E-state index in [4.69, 9.17) is 15.1 Å². The van der Waals surface area contributed by atoms with Crippen molar-refractivity contribution in [3.05, 3.63) is 29.3 Å². The first-order valence-corrected chi connectivity index (χ1v) is 9.71. The fraction of sp³-hybridized carbons (Fsp3) is 0.476. The number of hydrogen-bond acceptors (Lipinski definition) is 6. The third-order valence-electron chi connectivity index (χ3n) is 5.02. The zero-order valence-electron chi connectivity index (χ0n) is 17.0. The highest BCUT2D eigenvalue weighted by molar-refractivity contribution is 5.95. The molecule has 1 aromatic carbocycles. The summed E-state index contributed by atoms with van der Waals surface area (Å²) in [5.41, 5.74) is 10.4. The topological polar surface area (TPSA) is 89.9 Å². The maximum Gasteiger partial charge on any atom is 0.316 e. The molecular formula is C21H25F2N5O. The molecule has 0 atom stereocenters. The van der Waals surface area contributed by atoms with Crippen LogP contribution in [0, 0.1) is 0 Å². The number of anilines is 2. The summed E-state index contributed by atoms with van der Waals surface area (Å²) in [4.78, 5) is 4.76. The average Bonchev–Trinajstić information content (AvgIpc) is 3.35. The van der Waals surface area contributed by atoms with E-state index in [1.807, 2.05) is 0 Å². The van der Waals surface area contributed by atoms with E-state index in [1.54, 1.807) is 6.07 Å². The summed E-state index contributed by atoms with van der Waals surface area (Å²) in [5, 5.41) is 11.1. The number of aromatic nitrogens is 3. The fourth-order valence-corrected chi connectivity index (χ4v) is 3.34. The van der Waals surface area contributed by atoms with E-state index in [2.05, 4.69) is 48.4 Å². The number of nitrogens with zero attached hydrogens (tertiary/aromatic N) is 3. The second-order valence-electron chi connectivity index (χ2n) is 8.92. The molecule has 2 aromatic heterocycles. The molecule has 0 aliphatic heterocycles. The Morgan fingerprint density at radius 1 is 1.14 bits per heavy atom. The number of nitrogen functional groups attached to an aromatic ring is 1. The lowest BCUT2D eigenvalue weighted by Crippen LogP contribution is -2.22. The normalized spacial score (nSPS) is 15.1. The first kappa shape index (κ1) is 19.5. The number of alkyl halides is 2. The lowest BCUT2D eigenvalue weighted by molar-refractivity contribution is 0.0362. The molecule has 1 saturated carbocycles. The van der Waals surface area contributed by atoms with Gasteiger partial charge in [-0.3, -0.25) is 0 Å². The van der Waals surface area contributed by atoms with E-state index in [1.165, 1.54) is 18.4 Å². The van der Waals surface area contributed by atoms with Gasteiger partial charge in [0, 0.05) is 18.0 Å². The fourth-order valence-electron chi connectivity index (χ4n) is 3.34. The Morgan fingerprint density at radius 2 is 1.86 bits per heavy atom. The molecule has 0 saturated heterocycles. The van der Waals surface area contributed by atoms with Gasteiger partial charge < -0.3 is 15.5 Å². The molecule has 3 aromatic rings. The molecule has 29 heavy (non-hydrogen) atoms. The Morgan fingerprint density at radius 3 is 2.48 bits per heavy atom. The van der Waals surface area contributed by atoms with Crippen molar-refractivity contribution in [3.8, 4) is 11.6 Å². The maximum atomic E-state index is 13.0. The first-order valence-electron chi connectivity index (χ1n) is 9.71. The molecule has 8 heteroatoms. The summed E-state index contributed by atoms with van der Waals surface area (Å²) in [7, 11) is 0. The van der Waals surface area contributed by atoms with Crippen LogP contribution in [0.3, 0.4) is 0 Å². The number of pyridine rings is 1. The van der Waals surface area contributed by atoms with Crippen LogP contribution in [0.4, 0.5) is 20.5 Å². The van der Waals surface area contributed by atoms with Crippen molar-refractivity contribution in [2.45, 2.75) is 57.8 Å². The molecule has 4 rings (SSSR count). The summed E-state index contributed by atoms with van der Waals surface area (Å²) >= 11 is 0. The maximum absolute atomic E-state index is 13.0. The minimum absolute atomic E-state index is 0.0814. The highest BCUT2D eigenvalue weighted by Gasteiger charge is 2.28. The van der Waals surface area contributed by atoms with Crippen LogP contribution < -0.4 is 11.1 Å². The lowest BCUT2D eigenvalue weighted by Gasteiger charge is -2.23. The number of halogens is 2. The number of nitrogens with one attached hydrogen (secondary N) is 1. The van der Waals surface area contributed by atoms with E-state index in [0.29, 0.717) is 17.3 Å². The van der Waals surface area contributed by atoms with Crippen LogP contribution >= 0.6 is 0 Å². The summed E-state index contributed by atoms with van der Waals surface area (Å²) in [6.07, 6.45) is 2.41. The summed E-state index contributed by atoms with van der Waals surface area (Å²) in [6.45, 7) is 6.64. The van der Waals surface area contributed by atoms with Crippen molar-refractivity contribution >= 4 is 22.6 Å². The van der Waals surface area contributed by atoms with Crippen molar-refractivity contribution in [1.29, 1.82) is 0 Å². The zero-order valence-corrected chi connectivity index (χ0v) is 17.0. The van der Waals surface area contributed by atoms with Crippen LogP contribution in [-0.2, 0) is 5.41 Å². The molecule has 154 valence electrons. The predicted octanol–water partition coefficient (Wildman–Crippen LogP) is 5.11. The summed E-state index contributed by atoms with van der Waals surface area (Å²) in [6, 6.07) is 5.96. The summed E-state index contributed by atoms with van der Waals surface area (Å²) < 4.78 is 31.5. The van der Waals surface area contributed by atoms with Gasteiger partial charge >= 0.3 is 6.01 Å². The van der Waals surface area contributed by atoms with Gasteiger partial charge in [-0.15, -0.1) is 5.10 Å². The van der Waals surface area contributed by atoms with Crippen molar-refractivity contribution < 1.29 is 13.2 Å². The smallest absolute Gasteiger partial charge is 0.316 e. The largest absolute Gasteiger partial charge is 0.402 e. The molecule has 3 N–H and O–H groups in total. The van der Waals surface area contributed by atoms with E-state index in [9.17, 15) is 8.78 Å². The molecule has 0 amide bonds. The first-order chi connectivity index (χ1) is 13.5. The molecule has 6 nitrogen and oxygen atoms in total.